The van der Waals surface area contributed by atoms with E-state index < -0.39 is 0 Å². The summed E-state index contributed by atoms with van der Waals surface area (Å²) in [7, 11) is 3.34. The molecule has 0 aliphatic rings. The summed E-state index contributed by atoms with van der Waals surface area (Å²) in [6, 6.07) is 4.18. The summed E-state index contributed by atoms with van der Waals surface area (Å²) in [4.78, 5) is 6.44. The molecule has 19 heavy (non-hydrogen) atoms. The van der Waals surface area contributed by atoms with Crippen LogP contribution in [0.4, 0.5) is 5.69 Å². The van der Waals surface area contributed by atoms with E-state index >= 15 is 0 Å². The van der Waals surface area contributed by atoms with Gasteiger partial charge in [0.25, 0.3) is 0 Å². The molecule has 1 rings (SSSR count). The summed E-state index contributed by atoms with van der Waals surface area (Å²) in [5.41, 5.74) is 3.20. The Bertz CT molecular complexity index is 447. The van der Waals surface area contributed by atoms with Crippen LogP contribution in [-0.4, -0.2) is 45.5 Å². The maximum atomic E-state index is 9.31. The predicted octanol–water partition coefficient (Wildman–Crippen LogP) is 1.67. The third-order valence-corrected chi connectivity index (χ3v) is 2.89. The van der Waals surface area contributed by atoms with E-state index in [1.807, 2.05) is 19.9 Å². The average Bonchev–Trinajstić information content (AvgIpc) is 2.38. The molecule has 5 nitrogen and oxygen atoms in total. The first-order valence-corrected chi connectivity index (χ1v) is 6.25. The number of aryl methyl sites for hydroxylation is 2. The topological polar surface area (TPSA) is 58.4 Å². The van der Waals surface area contributed by atoms with Gasteiger partial charge in [0, 0.05) is 33.0 Å². The number of nitrogens with zero attached hydrogens (tertiary/aromatic N) is 3. The van der Waals surface area contributed by atoms with E-state index in [4.69, 9.17) is 9.47 Å². The lowest BCUT2D eigenvalue weighted by molar-refractivity contribution is 0.190. The molecule has 0 radical (unpaired) electrons. The van der Waals surface area contributed by atoms with Crippen molar-refractivity contribution in [3.05, 3.63) is 23.0 Å². The van der Waals surface area contributed by atoms with E-state index in [1.54, 1.807) is 14.2 Å². The highest BCUT2D eigenvalue weighted by Crippen LogP contribution is 2.23. The second kappa shape index (κ2) is 7.72. The number of aromatic nitrogens is 1. The van der Waals surface area contributed by atoms with E-state index in [0.717, 1.165) is 30.2 Å². The van der Waals surface area contributed by atoms with Gasteiger partial charge >= 0.3 is 0 Å². The largest absolute Gasteiger partial charge is 0.383 e. The number of pyridine rings is 1. The first kappa shape index (κ1) is 15.4. The Balaban J connectivity index is 3.09. The molecular weight excluding hydrogens is 242 g/mol. The van der Waals surface area contributed by atoms with Crippen LogP contribution in [-0.2, 0) is 9.47 Å². The van der Waals surface area contributed by atoms with Crippen molar-refractivity contribution in [2.75, 3.05) is 45.4 Å². The quantitative estimate of drug-likeness (QED) is 0.749. The van der Waals surface area contributed by atoms with E-state index in [0.29, 0.717) is 18.8 Å². The molecule has 0 spiro atoms. The summed E-state index contributed by atoms with van der Waals surface area (Å²) >= 11 is 0. The highest BCUT2D eigenvalue weighted by atomic mass is 16.5. The van der Waals surface area contributed by atoms with E-state index in [1.165, 1.54) is 0 Å². The van der Waals surface area contributed by atoms with Crippen molar-refractivity contribution in [1.82, 2.24) is 4.98 Å². The molecule has 1 aromatic rings. The van der Waals surface area contributed by atoms with Gasteiger partial charge in [-0.05, 0) is 19.9 Å². The second-order valence-electron chi connectivity index (χ2n) is 4.33. The number of ether oxygens (including phenoxy) is 2. The number of hydrogen-bond acceptors (Lipinski definition) is 5. The van der Waals surface area contributed by atoms with Crippen LogP contribution in [0.3, 0.4) is 0 Å². The minimum Gasteiger partial charge on any atom is -0.383 e. The van der Waals surface area contributed by atoms with Crippen molar-refractivity contribution in [3.63, 3.8) is 0 Å². The lowest BCUT2D eigenvalue weighted by atomic mass is 10.1. The van der Waals surface area contributed by atoms with Crippen molar-refractivity contribution in [2.45, 2.75) is 13.8 Å². The van der Waals surface area contributed by atoms with Crippen molar-refractivity contribution in [2.24, 2.45) is 0 Å². The third kappa shape index (κ3) is 4.19. The molecule has 0 N–H and O–H groups in total. The van der Waals surface area contributed by atoms with Crippen LogP contribution in [0.1, 0.15) is 17.0 Å². The predicted molar refractivity (Wildman–Crippen MR) is 74.4 cm³/mol. The van der Waals surface area contributed by atoms with Gasteiger partial charge in [-0.1, -0.05) is 0 Å². The molecule has 0 aliphatic heterocycles. The van der Waals surface area contributed by atoms with Crippen molar-refractivity contribution in [3.8, 4) is 6.07 Å². The SMILES string of the molecule is COCCN(CCOC)c1cc(C)nc(C)c1C#N. The van der Waals surface area contributed by atoms with E-state index in [-0.39, 0.29) is 0 Å². The highest BCUT2D eigenvalue weighted by molar-refractivity contribution is 5.61. The third-order valence-electron chi connectivity index (χ3n) is 2.89. The second-order valence-corrected chi connectivity index (χ2v) is 4.33. The fourth-order valence-electron chi connectivity index (χ4n) is 1.95. The maximum absolute atomic E-state index is 9.31. The molecule has 0 amide bonds. The van der Waals surface area contributed by atoms with Crippen molar-refractivity contribution in [1.29, 1.82) is 5.26 Å². The van der Waals surface area contributed by atoms with Gasteiger partial charge in [0.15, 0.2) is 0 Å². The molecule has 0 bridgehead atoms. The lowest BCUT2D eigenvalue weighted by Crippen LogP contribution is -2.31. The molecule has 0 aromatic carbocycles. The highest BCUT2D eigenvalue weighted by Gasteiger charge is 2.14. The van der Waals surface area contributed by atoms with Crippen LogP contribution in [0.5, 0.6) is 0 Å². The number of hydrogen-bond donors (Lipinski definition) is 0. The molecule has 1 heterocycles. The Morgan fingerprint density at radius 1 is 1.21 bits per heavy atom. The molecule has 0 unspecified atom stereocenters. The maximum Gasteiger partial charge on any atom is 0.103 e. The first-order chi connectivity index (χ1) is 9.13. The van der Waals surface area contributed by atoms with Crippen LogP contribution in [0.25, 0.3) is 0 Å². The summed E-state index contributed by atoms with van der Waals surface area (Å²) in [5, 5.41) is 9.31. The summed E-state index contributed by atoms with van der Waals surface area (Å²) in [6.07, 6.45) is 0. The van der Waals surface area contributed by atoms with Crippen molar-refractivity contribution >= 4 is 5.69 Å². The molecule has 1 aromatic heterocycles. The summed E-state index contributed by atoms with van der Waals surface area (Å²) in [5.74, 6) is 0. The van der Waals surface area contributed by atoms with Crippen LogP contribution >= 0.6 is 0 Å². The molecule has 104 valence electrons. The first-order valence-electron chi connectivity index (χ1n) is 6.25. The van der Waals surface area contributed by atoms with Gasteiger partial charge in [-0.3, -0.25) is 4.98 Å². The van der Waals surface area contributed by atoms with Crippen LogP contribution in [0.2, 0.25) is 0 Å². The minimum atomic E-state index is 0.606. The zero-order chi connectivity index (χ0) is 14.3. The van der Waals surface area contributed by atoms with Gasteiger partial charge in [-0.15, -0.1) is 0 Å². The number of rotatable bonds is 7. The molecular formula is C14H21N3O2. The van der Waals surface area contributed by atoms with Gasteiger partial charge in [0.2, 0.25) is 0 Å². The summed E-state index contributed by atoms with van der Waals surface area (Å²) in [6.45, 7) is 6.45. The van der Waals surface area contributed by atoms with Gasteiger partial charge in [-0.25, -0.2) is 0 Å². The van der Waals surface area contributed by atoms with Crippen LogP contribution < -0.4 is 4.90 Å². The van der Waals surface area contributed by atoms with Gasteiger partial charge < -0.3 is 14.4 Å². The number of methoxy groups -OCH3 is 2. The van der Waals surface area contributed by atoms with Crippen LogP contribution in [0, 0.1) is 25.2 Å². The Morgan fingerprint density at radius 3 is 2.26 bits per heavy atom. The molecule has 0 saturated heterocycles. The molecule has 0 aliphatic carbocycles. The Kier molecular flexibility index (Phi) is 6.26. The van der Waals surface area contributed by atoms with Crippen molar-refractivity contribution < 1.29 is 9.47 Å². The molecule has 5 heteroatoms. The number of nitriles is 1. The van der Waals surface area contributed by atoms with E-state index in [9.17, 15) is 5.26 Å². The Hall–Kier alpha value is -1.64. The van der Waals surface area contributed by atoms with Gasteiger partial charge in [-0.2, -0.15) is 5.26 Å². The Labute approximate surface area is 114 Å². The summed E-state index contributed by atoms with van der Waals surface area (Å²) < 4.78 is 10.3. The number of anilines is 1. The average molecular weight is 263 g/mol. The minimum absolute atomic E-state index is 0.606. The monoisotopic (exact) mass is 263 g/mol. The Morgan fingerprint density at radius 2 is 1.79 bits per heavy atom. The molecule has 0 fully saturated rings. The molecule has 0 atom stereocenters. The lowest BCUT2D eigenvalue weighted by Gasteiger charge is -2.26. The fraction of sp³-hybridized carbons (Fsp3) is 0.571. The standard InChI is InChI=1S/C14H21N3O2/c1-11-9-14(13(10-15)12(2)16-11)17(5-7-18-3)6-8-19-4/h9H,5-8H2,1-4H3. The normalized spacial score (nSPS) is 10.3. The van der Waals surface area contributed by atoms with E-state index in [2.05, 4.69) is 16.0 Å². The fourth-order valence-corrected chi connectivity index (χ4v) is 1.95. The zero-order valence-electron chi connectivity index (χ0n) is 12.1. The molecule has 0 saturated carbocycles. The van der Waals surface area contributed by atoms with Gasteiger partial charge in [0.05, 0.1) is 30.2 Å². The zero-order valence-corrected chi connectivity index (χ0v) is 12.1. The smallest absolute Gasteiger partial charge is 0.103 e. The van der Waals surface area contributed by atoms with Gasteiger partial charge in [0.1, 0.15) is 6.07 Å². The van der Waals surface area contributed by atoms with Crippen LogP contribution in [0.15, 0.2) is 6.07 Å².